The molecule has 1 N–H and O–H groups in total. The van der Waals surface area contributed by atoms with Crippen molar-refractivity contribution in [3.63, 3.8) is 0 Å². The van der Waals surface area contributed by atoms with Crippen LogP contribution >= 0.6 is 11.8 Å². The van der Waals surface area contributed by atoms with Gasteiger partial charge in [-0.1, -0.05) is 11.8 Å². The second-order valence-electron chi connectivity index (χ2n) is 3.97. The SMILES string of the molecule is COc1cc(N2CCC(O)CC2)nc(SC)n1. The van der Waals surface area contributed by atoms with Crippen molar-refractivity contribution in [2.45, 2.75) is 24.1 Å². The molecule has 5 nitrogen and oxygen atoms in total. The molecule has 1 fully saturated rings. The topological polar surface area (TPSA) is 58.5 Å². The zero-order valence-corrected chi connectivity index (χ0v) is 10.9. The fraction of sp³-hybridized carbons (Fsp3) is 0.636. The zero-order chi connectivity index (χ0) is 12.3. The predicted octanol–water partition coefficient (Wildman–Crippen LogP) is 1.17. The van der Waals surface area contributed by atoms with Crippen LogP contribution < -0.4 is 9.64 Å². The van der Waals surface area contributed by atoms with Gasteiger partial charge in [0.1, 0.15) is 5.82 Å². The summed E-state index contributed by atoms with van der Waals surface area (Å²) in [5.74, 6) is 1.47. The fourth-order valence-electron chi connectivity index (χ4n) is 1.85. The summed E-state index contributed by atoms with van der Waals surface area (Å²) in [5, 5.41) is 10.2. The molecular formula is C11H17N3O2S. The molecule has 17 heavy (non-hydrogen) atoms. The van der Waals surface area contributed by atoms with Crippen LogP contribution in [0.2, 0.25) is 0 Å². The molecule has 94 valence electrons. The molecule has 6 heteroatoms. The summed E-state index contributed by atoms with van der Waals surface area (Å²) in [4.78, 5) is 10.9. The van der Waals surface area contributed by atoms with E-state index in [-0.39, 0.29) is 6.10 Å². The minimum Gasteiger partial charge on any atom is -0.481 e. The van der Waals surface area contributed by atoms with E-state index in [0.717, 1.165) is 31.7 Å². The zero-order valence-electron chi connectivity index (χ0n) is 10.1. The maximum atomic E-state index is 9.49. The maximum absolute atomic E-state index is 9.49. The molecule has 1 aromatic heterocycles. The predicted molar refractivity (Wildman–Crippen MR) is 67.8 cm³/mol. The number of aromatic nitrogens is 2. The highest BCUT2D eigenvalue weighted by Crippen LogP contribution is 2.24. The number of methoxy groups -OCH3 is 1. The van der Waals surface area contributed by atoms with Gasteiger partial charge in [-0.3, -0.25) is 0 Å². The smallest absolute Gasteiger partial charge is 0.219 e. The summed E-state index contributed by atoms with van der Waals surface area (Å²) in [7, 11) is 1.61. The van der Waals surface area contributed by atoms with E-state index in [9.17, 15) is 5.11 Å². The van der Waals surface area contributed by atoms with Crippen LogP contribution in [-0.2, 0) is 0 Å². The Morgan fingerprint density at radius 3 is 2.71 bits per heavy atom. The fourth-order valence-corrected chi connectivity index (χ4v) is 2.21. The number of nitrogens with zero attached hydrogens (tertiary/aromatic N) is 3. The van der Waals surface area contributed by atoms with Crippen LogP contribution in [0.3, 0.4) is 0 Å². The summed E-state index contributed by atoms with van der Waals surface area (Å²) < 4.78 is 5.17. The second-order valence-corrected chi connectivity index (χ2v) is 4.75. The first kappa shape index (κ1) is 12.4. The standard InChI is InChI=1S/C11H17N3O2S/c1-16-10-7-9(12-11(13-10)17-2)14-5-3-8(15)4-6-14/h7-8,15H,3-6H2,1-2H3. The highest BCUT2D eigenvalue weighted by Gasteiger charge is 2.19. The molecule has 0 unspecified atom stereocenters. The summed E-state index contributed by atoms with van der Waals surface area (Å²) in [6.45, 7) is 1.66. The Labute approximate surface area is 105 Å². The highest BCUT2D eigenvalue weighted by atomic mass is 32.2. The van der Waals surface area contributed by atoms with Crippen LogP contribution in [0.4, 0.5) is 5.82 Å². The molecule has 0 amide bonds. The van der Waals surface area contributed by atoms with Crippen molar-refractivity contribution in [1.82, 2.24) is 9.97 Å². The lowest BCUT2D eigenvalue weighted by molar-refractivity contribution is 0.145. The van der Waals surface area contributed by atoms with Crippen molar-refractivity contribution in [2.24, 2.45) is 0 Å². The number of hydrogen-bond acceptors (Lipinski definition) is 6. The molecule has 0 aliphatic carbocycles. The summed E-state index contributed by atoms with van der Waals surface area (Å²) in [6.07, 6.45) is 3.36. The Morgan fingerprint density at radius 2 is 2.12 bits per heavy atom. The van der Waals surface area contributed by atoms with Gasteiger partial charge in [-0.2, -0.15) is 4.98 Å². The summed E-state index contributed by atoms with van der Waals surface area (Å²) in [6, 6.07) is 1.84. The maximum Gasteiger partial charge on any atom is 0.219 e. The number of aliphatic hydroxyl groups is 1. The van der Waals surface area contributed by atoms with Crippen molar-refractivity contribution >= 4 is 17.6 Å². The molecule has 0 atom stereocenters. The molecule has 2 rings (SSSR count). The number of anilines is 1. The van der Waals surface area contributed by atoms with Crippen LogP contribution in [0.5, 0.6) is 5.88 Å². The van der Waals surface area contributed by atoms with Gasteiger partial charge in [-0.05, 0) is 19.1 Å². The van der Waals surface area contributed by atoms with Gasteiger partial charge >= 0.3 is 0 Å². The van der Waals surface area contributed by atoms with Crippen LogP contribution in [0, 0.1) is 0 Å². The molecule has 1 aliphatic heterocycles. The van der Waals surface area contributed by atoms with Crippen LogP contribution in [0.15, 0.2) is 11.2 Å². The summed E-state index contributed by atoms with van der Waals surface area (Å²) >= 11 is 1.50. The monoisotopic (exact) mass is 255 g/mol. The van der Waals surface area contributed by atoms with Gasteiger partial charge in [0.15, 0.2) is 5.16 Å². The lowest BCUT2D eigenvalue weighted by Gasteiger charge is -2.30. The van der Waals surface area contributed by atoms with E-state index in [4.69, 9.17) is 4.74 Å². The van der Waals surface area contributed by atoms with Gasteiger partial charge < -0.3 is 14.7 Å². The van der Waals surface area contributed by atoms with Crippen molar-refractivity contribution in [3.05, 3.63) is 6.07 Å². The van der Waals surface area contributed by atoms with Gasteiger partial charge in [0.25, 0.3) is 0 Å². The van der Waals surface area contributed by atoms with E-state index in [1.807, 2.05) is 12.3 Å². The third-order valence-electron chi connectivity index (χ3n) is 2.85. The molecule has 1 aliphatic rings. The van der Waals surface area contributed by atoms with E-state index < -0.39 is 0 Å². The molecule has 0 radical (unpaired) electrons. The first-order valence-electron chi connectivity index (χ1n) is 5.63. The van der Waals surface area contributed by atoms with Crippen molar-refractivity contribution in [1.29, 1.82) is 0 Å². The minimum absolute atomic E-state index is 0.171. The van der Waals surface area contributed by atoms with Crippen LogP contribution in [-0.4, -0.2) is 47.6 Å². The molecule has 1 saturated heterocycles. The van der Waals surface area contributed by atoms with Gasteiger partial charge in [-0.25, -0.2) is 4.98 Å². The number of rotatable bonds is 3. The molecule has 0 aromatic carbocycles. The lowest BCUT2D eigenvalue weighted by Crippen LogP contribution is -2.36. The first-order valence-corrected chi connectivity index (χ1v) is 6.85. The average Bonchev–Trinajstić information content (AvgIpc) is 2.39. The van der Waals surface area contributed by atoms with Gasteiger partial charge in [0, 0.05) is 19.2 Å². The average molecular weight is 255 g/mol. The Balaban J connectivity index is 2.19. The van der Waals surface area contributed by atoms with E-state index >= 15 is 0 Å². The van der Waals surface area contributed by atoms with Crippen molar-refractivity contribution in [2.75, 3.05) is 31.4 Å². The molecule has 0 saturated carbocycles. The van der Waals surface area contributed by atoms with Crippen LogP contribution in [0.1, 0.15) is 12.8 Å². The Hall–Kier alpha value is -1.01. The van der Waals surface area contributed by atoms with Crippen molar-refractivity contribution < 1.29 is 9.84 Å². The van der Waals surface area contributed by atoms with Gasteiger partial charge in [0.05, 0.1) is 13.2 Å². The number of ether oxygens (including phenoxy) is 1. The van der Waals surface area contributed by atoms with E-state index in [0.29, 0.717) is 11.0 Å². The molecule has 2 heterocycles. The summed E-state index contributed by atoms with van der Waals surface area (Å²) in [5.41, 5.74) is 0. The largest absolute Gasteiger partial charge is 0.481 e. The third kappa shape index (κ3) is 3.01. The molecule has 1 aromatic rings. The Bertz CT molecular complexity index is 359. The van der Waals surface area contributed by atoms with Gasteiger partial charge in [0.2, 0.25) is 5.88 Å². The Morgan fingerprint density at radius 1 is 1.41 bits per heavy atom. The number of piperidine rings is 1. The molecule has 0 bridgehead atoms. The highest BCUT2D eigenvalue weighted by molar-refractivity contribution is 7.98. The first-order chi connectivity index (χ1) is 8.22. The number of hydrogen-bond donors (Lipinski definition) is 1. The normalized spacial score (nSPS) is 17.2. The molecule has 0 spiro atoms. The lowest BCUT2D eigenvalue weighted by atomic mass is 10.1. The number of thioether (sulfide) groups is 1. The van der Waals surface area contributed by atoms with E-state index in [2.05, 4.69) is 14.9 Å². The third-order valence-corrected chi connectivity index (χ3v) is 3.40. The quantitative estimate of drug-likeness (QED) is 0.646. The van der Waals surface area contributed by atoms with E-state index in [1.54, 1.807) is 7.11 Å². The number of aliphatic hydroxyl groups excluding tert-OH is 1. The van der Waals surface area contributed by atoms with Crippen LogP contribution in [0.25, 0.3) is 0 Å². The minimum atomic E-state index is -0.171. The van der Waals surface area contributed by atoms with E-state index in [1.165, 1.54) is 11.8 Å². The Kier molecular flexibility index (Phi) is 4.06. The molecular weight excluding hydrogens is 238 g/mol. The van der Waals surface area contributed by atoms with Crippen molar-refractivity contribution in [3.8, 4) is 5.88 Å². The van der Waals surface area contributed by atoms with Gasteiger partial charge in [-0.15, -0.1) is 0 Å². The second kappa shape index (κ2) is 5.55.